The number of carbonyl (C=O) groups is 3. The summed E-state index contributed by atoms with van der Waals surface area (Å²) in [6.07, 6.45) is 4.38. The lowest BCUT2D eigenvalue weighted by Crippen LogP contribution is -2.44. The standard InChI is InChI=1S/C28H30N2O5/c31-26(30-13-11-19(12-14-30)27(32)33)20(15-18-9-10-18)16-29-28(34)35-17-25-23-7-3-1-5-21(23)22-6-2-4-8-24(22)25/h1-8,11,18,20,25H,9-10,12-17H2,(H,29,34)(H,32,33). The van der Waals surface area contributed by atoms with E-state index < -0.39 is 12.1 Å². The molecule has 1 fully saturated rings. The highest BCUT2D eigenvalue weighted by Gasteiger charge is 2.33. The van der Waals surface area contributed by atoms with Gasteiger partial charge in [-0.15, -0.1) is 0 Å². The Balaban J connectivity index is 1.18. The fourth-order valence-electron chi connectivity index (χ4n) is 5.21. The molecule has 3 aliphatic rings. The van der Waals surface area contributed by atoms with E-state index in [1.807, 2.05) is 24.3 Å². The third-order valence-electron chi connectivity index (χ3n) is 7.30. The second-order valence-corrected chi connectivity index (χ2v) is 9.65. The van der Waals surface area contributed by atoms with Crippen LogP contribution in [0.15, 0.2) is 60.2 Å². The molecule has 2 aliphatic carbocycles. The van der Waals surface area contributed by atoms with Crippen molar-refractivity contribution in [2.75, 3.05) is 26.2 Å². The number of aliphatic carboxylic acids is 1. The highest BCUT2D eigenvalue weighted by Crippen LogP contribution is 2.44. The minimum atomic E-state index is -0.927. The number of amides is 2. The number of carboxylic acids is 1. The van der Waals surface area contributed by atoms with Gasteiger partial charge < -0.3 is 20.1 Å². The van der Waals surface area contributed by atoms with Crippen LogP contribution in [0.2, 0.25) is 0 Å². The minimum absolute atomic E-state index is 0.0133. The Morgan fingerprint density at radius 3 is 2.26 bits per heavy atom. The van der Waals surface area contributed by atoms with Crippen molar-refractivity contribution in [1.82, 2.24) is 10.2 Å². The molecule has 2 N–H and O–H groups in total. The van der Waals surface area contributed by atoms with Crippen LogP contribution in [-0.2, 0) is 14.3 Å². The van der Waals surface area contributed by atoms with E-state index in [1.54, 1.807) is 11.0 Å². The van der Waals surface area contributed by atoms with Crippen molar-refractivity contribution in [2.24, 2.45) is 11.8 Å². The summed E-state index contributed by atoms with van der Waals surface area (Å²) in [5, 5.41) is 12.0. The van der Waals surface area contributed by atoms with E-state index in [1.165, 1.54) is 11.1 Å². The molecule has 182 valence electrons. The number of alkyl carbamates (subject to hydrolysis) is 1. The van der Waals surface area contributed by atoms with Crippen LogP contribution in [0.25, 0.3) is 11.1 Å². The maximum Gasteiger partial charge on any atom is 0.407 e. The van der Waals surface area contributed by atoms with E-state index in [2.05, 4.69) is 29.6 Å². The summed E-state index contributed by atoms with van der Waals surface area (Å²) in [5.41, 5.74) is 5.01. The van der Waals surface area contributed by atoms with E-state index in [9.17, 15) is 14.4 Å². The Kier molecular flexibility index (Phi) is 6.57. The zero-order valence-electron chi connectivity index (χ0n) is 19.6. The zero-order valence-corrected chi connectivity index (χ0v) is 19.6. The Morgan fingerprint density at radius 2 is 1.69 bits per heavy atom. The molecule has 1 atom stereocenters. The quantitative estimate of drug-likeness (QED) is 0.598. The SMILES string of the molecule is O=C(NCC(CC1CC1)C(=O)N1CC=C(C(=O)O)CC1)OCC1c2ccccc2-c2ccccc21. The molecule has 2 aromatic carbocycles. The fraction of sp³-hybridized carbons (Fsp3) is 0.393. The van der Waals surface area contributed by atoms with Gasteiger partial charge in [0.25, 0.3) is 0 Å². The normalized spacial score (nSPS) is 17.7. The molecule has 1 unspecified atom stereocenters. The smallest absolute Gasteiger partial charge is 0.407 e. The van der Waals surface area contributed by atoms with E-state index in [0.717, 1.165) is 30.4 Å². The van der Waals surface area contributed by atoms with Crippen molar-refractivity contribution in [2.45, 2.75) is 31.6 Å². The van der Waals surface area contributed by atoms with Gasteiger partial charge in [-0.3, -0.25) is 4.79 Å². The van der Waals surface area contributed by atoms with Crippen molar-refractivity contribution in [1.29, 1.82) is 0 Å². The Bertz CT molecular complexity index is 1120. The molecule has 0 bridgehead atoms. The number of rotatable bonds is 8. The van der Waals surface area contributed by atoms with E-state index >= 15 is 0 Å². The summed E-state index contributed by atoms with van der Waals surface area (Å²) in [7, 11) is 0. The fourth-order valence-corrected chi connectivity index (χ4v) is 5.21. The lowest BCUT2D eigenvalue weighted by Gasteiger charge is -2.29. The van der Waals surface area contributed by atoms with Gasteiger partial charge in [-0.05, 0) is 41.0 Å². The lowest BCUT2D eigenvalue weighted by molar-refractivity contribution is -0.137. The largest absolute Gasteiger partial charge is 0.478 e. The van der Waals surface area contributed by atoms with Gasteiger partial charge >= 0.3 is 12.1 Å². The second-order valence-electron chi connectivity index (χ2n) is 9.65. The molecule has 0 aromatic heterocycles. The van der Waals surface area contributed by atoms with Crippen molar-refractivity contribution in [3.63, 3.8) is 0 Å². The van der Waals surface area contributed by atoms with Gasteiger partial charge in [-0.25, -0.2) is 9.59 Å². The average molecular weight is 475 g/mol. The van der Waals surface area contributed by atoms with Crippen molar-refractivity contribution >= 4 is 18.0 Å². The Labute approximate surface area is 204 Å². The van der Waals surface area contributed by atoms with Crippen LogP contribution in [0.4, 0.5) is 4.79 Å². The number of carboxylic acid groups (broad SMARTS) is 1. The van der Waals surface area contributed by atoms with E-state index in [-0.39, 0.29) is 30.9 Å². The van der Waals surface area contributed by atoms with Crippen molar-refractivity contribution in [3.05, 3.63) is 71.3 Å². The zero-order chi connectivity index (χ0) is 24.4. The molecule has 7 heteroatoms. The summed E-state index contributed by atoms with van der Waals surface area (Å²) in [6.45, 7) is 1.14. The van der Waals surface area contributed by atoms with Crippen LogP contribution < -0.4 is 5.32 Å². The Hall–Kier alpha value is -3.61. The first-order valence-electron chi connectivity index (χ1n) is 12.3. The molecule has 35 heavy (non-hydrogen) atoms. The number of benzene rings is 2. The number of fused-ring (bicyclic) bond motifs is 3. The van der Waals surface area contributed by atoms with Crippen LogP contribution in [0, 0.1) is 11.8 Å². The molecule has 0 spiro atoms. The first-order valence-corrected chi connectivity index (χ1v) is 12.3. The van der Waals surface area contributed by atoms with Gasteiger partial charge in [0.1, 0.15) is 6.61 Å². The van der Waals surface area contributed by atoms with Crippen LogP contribution in [-0.4, -0.2) is 54.2 Å². The number of carbonyl (C=O) groups excluding carboxylic acids is 2. The monoisotopic (exact) mass is 474 g/mol. The molecular weight excluding hydrogens is 444 g/mol. The van der Waals surface area contributed by atoms with Crippen molar-refractivity contribution < 1.29 is 24.2 Å². The number of hydrogen-bond acceptors (Lipinski definition) is 4. The molecule has 7 nitrogen and oxygen atoms in total. The van der Waals surface area contributed by atoms with Gasteiger partial charge in [0, 0.05) is 31.1 Å². The summed E-state index contributed by atoms with van der Waals surface area (Å²) < 4.78 is 5.63. The highest BCUT2D eigenvalue weighted by molar-refractivity contribution is 5.88. The molecule has 1 heterocycles. The second kappa shape index (κ2) is 9.94. The van der Waals surface area contributed by atoms with Crippen molar-refractivity contribution in [3.8, 4) is 11.1 Å². The van der Waals surface area contributed by atoms with Crippen LogP contribution >= 0.6 is 0 Å². The van der Waals surface area contributed by atoms with Gasteiger partial charge in [0.05, 0.1) is 5.92 Å². The number of nitrogens with one attached hydrogen (secondary N) is 1. The molecule has 5 rings (SSSR count). The molecule has 2 aromatic rings. The van der Waals surface area contributed by atoms with Crippen LogP contribution in [0.5, 0.6) is 0 Å². The average Bonchev–Trinajstić information content (AvgIpc) is 3.65. The van der Waals surface area contributed by atoms with Gasteiger partial charge in [-0.1, -0.05) is 67.4 Å². The summed E-state index contributed by atoms with van der Waals surface area (Å²) in [5.74, 6) is -0.786. The molecule has 1 saturated carbocycles. The van der Waals surface area contributed by atoms with Gasteiger partial charge in [0.15, 0.2) is 0 Å². The lowest BCUT2D eigenvalue weighted by atomic mass is 9.98. The summed E-state index contributed by atoms with van der Waals surface area (Å²) >= 11 is 0. The molecule has 0 radical (unpaired) electrons. The molecule has 0 saturated heterocycles. The third-order valence-corrected chi connectivity index (χ3v) is 7.30. The van der Waals surface area contributed by atoms with E-state index in [0.29, 0.717) is 31.0 Å². The maximum absolute atomic E-state index is 13.1. The summed E-state index contributed by atoms with van der Waals surface area (Å²) in [6, 6.07) is 16.4. The maximum atomic E-state index is 13.1. The summed E-state index contributed by atoms with van der Waals surface area (Å²) in [4.78, 5) is 38.6. The first-order chi connectivity index (χ1) is 17.0. The van der Waals surface area contributed by atoms with Gasteiger partial charge in [-0.2, -0.15) is 0 Å². The number of hydrogen-bond donors (Lipinski definition) is 2. The predicted octanol–water partition coefficient (Wildman–Crippen LogP) is 4.18. The molecule has 1 aliphatic heterocycles. The molecule has 2 amide bonds. The first kappa shape index (κ1) is 23.1. The third kappa shape index (κ3) is 5.09. The highest BCUT2D eigenvalue weighted by atomic mass is 16.5. The van der Waals surface area contributed by atoms with E-state index in [4.69, 9.17) is 9.84 Å². The van der Waals surface area contributed by atoms with Crippen LogP contribution in [0.3, 0.4) is 0 Å². The number of nitrogens with zero attached hydrogens (tertiary/aromatic N) is 1. The van der Waals surface area contributed by atoms with Crippen LogP contribution in [0.1, 0.15) is 42.7 Å². The minimum Gasteiger partial charge on any atom is -0.478 e. The topological polar surface area (TPSA) is 95.9 Å². The number of ether oxygens (including phenoxy) is 1. The van der Waals surface area contributed by atoms with Gasteiger partial charge in [0.2, 0.25) is 5.91 Å². The predicted molar refractivity (Wildman–Crippen MR) is 131 cm³/mol. The molecular formula is C28H30N2O5. The Morgan fingerprint density at radius 1 is 1.03 bits per heavy atom.